The molecule has 1 heterocycles. The molecular weight excluding hydrogens is 455 g/mol. The van der Waals surface area contributed by atoms with E-state index >= 15 is 0 Å². The Morgan fingerprint density at radius 2 is 1.72 bits per heavy atom. The van der Waals surface area contributed by atoms with Crippen LogP contribution in [0.2, 0.25) is 5.02 Å². The van der Waals surface area contributed by atoms with Gasteiger partial charge in [0.25, 0.3) is 5.91 Å². The van der Waals surface area contributed by atoms with Crippen molar-refractivity contribution in [2.45, 2.75) is 56.4 Å². The summed E-state index contributed by atoms with van der Waals surface area (Å²) < 4.78 is 47.0. The molecule has 1 N–H and O–H groups in total. The van der Waals surface area contributed by atoms with Crippen molar-refractivity contribution in [1.29, 1.82) is 0 Å². The molecular formula is C23H30ClFN2O4S. The highest BCUT2D eigenvalue weighted by Crippen LogP contribution is 2.61. The van der Waals surface area contributed by atoms with Gasteiger partial charge in [0.15, 0.2) is 0 Å². The number of benzene rings is 1. The van der Waals surface area contributed by atoms with E-state index in [0.29, 0.717) is 0 Å². The van der Waals surface area contributed by atoms with E-state index in [0.717, 1.165) is 49.1 Å². The number of ether oxygens (including phenoxy) is 1. The van der Waals surface area contributed by atoms with Gasteiger partial charge in [-0.05, 0) is 80.8 Å². The molecule has 176 valence electrons. The van der Waals surface area contributed by atoms with Crippen molar-refractivity contribution >= 4 is 27.5 Å². The summed E-state index contributed by atoms with van der Waals surface area (Å²) in [6, 6.07) is 1.97. The van der Waals surface area contributed by atoms with E-state index in [1.807, 2.05) is 6.92 Å². The number of carbonyl (C=O) groups excluding carboxylic acids is 1. The van der Waals surface area contributed by atoms with Crippen molar-refractivity contribution in [3.63, 3.8) is 0 Å². The summed E-state index contributed by atoms with van der Waals surface area (Å²) in [5.41, 5.74) is 0.0936. The maximum atomic E-state index is 14.7. The molecule has 1 atom stereocenters. The van der Waals surface area contributed by atoms with Crippen LogP contribution in [-0.4, -0.2) is 51.0 Å². The maximum Gasteiger partial charge on any atom is 0.253 e. The largest absolute Gasteiger partial charge is 0.379 e. The SMILES string of the molecule is CC(NC(=O)c1cc(S(=O)(=O)N2CCOCC2)c(F)cc1Cl)C12CC3CC(CC(C3)C1)C2. The van der Waals surface area contributed by atoms with Gasteiger partial charge >= 0.3 is 0 Å². The second-order valence-electron chi connectivity index (χ2n) is 10.3. The van der Waals surface area contributed by atoms with Crippen LogP contribution in [0.15, 0.2) is 17.0 Å². The van der Waals surface area contributed by atoms with Crippen LogP contribution in [0, 0.1) is 29.0 Å². The van der Waals surface area contributed by atoms with E-state index in [-0.39, 0.29) is 48.3 Å². The summed E-state index contributed by atoms with van der Waals surface area (Å²) in [5, 5.41) is 3.01. The average molecular weight is 485 g/mol. The van der Waals surface area contributed by atoms with Crippen LogP contribution in [0.1, 0.15) is 55.8 Å². The van der Waals surface area contributed by atoms with Crippen LogP contribution in [0.5, 0.6) is 0 Å². The zero-order chi connectivity index (χ0) is 22.7. The number of rotatable bonds is 5. The zero-order valence-electron chi connectivity index (χ0n) is 18.3. The van der Waals surface area contributed by atoms with E-state index in [4.69, 9.17) is 16.3 Å². The lowest BCUT2D eigenvalue weighted by molar-refractivity contribution is -0.0688. The Morgan fingerprint density at radius 1 is 1.16 bits per heavy atom. The summed E-state index contributed by atoms with van der Waals surface area (Å²) in [5.74, 6) is 0.852. The van der Waals surface area contributed by atoms with Gasteiger partial charge in [-0.15, -0.1) is 0 Å². The van der Waals surface area contributed by atoms with Crippen LogP contribution >= 0.6 is 11.6 Å². The minimum atomic E-state index is -4.09. The molecule has 1 aromatic carbocycles. The van der Waals surface area contributed by atoms with Gasteiger partial charge in [-0.1, -0.05) is 11.6 Å². The van der Waals surface area contributed by atoms with Crippen LogP contribution in [0.3, 0.4) is 0 Å². The fourth-order valence-electron chi connectivity index (χ4n) is 6.96. The van der Waals surface area contributed by atoms with Crippen LogP contribution < -0.4 is 5.32 Å². The molecule has 6 nitrogen and oxygen atoms in total. The first kappa shape index (κ1) is 22.6. The van der Waals surface area contributed by atoms with Gasteiger partial charge in [-0.2, -0.15) is 4.31 Å². The molecule has 9 heteroatoms. The molecule has 0 spiro atoms. The van der Waals surface area contributed by atoms with E-state index in [1.165, 1.54) is 23.6 Å². The molecule has 1 aromatic rings. The third kappa shape index (κ3) is 3.87. The van der Waals surface area contributed by atoms with E-state index < -0.39 is 26.6 Å². The summed E-state index contributed by atoms with van der Waals surface area (Å²) in [7, 11) is -4.09. The topological polar surface area (TPSA) is 75.7 Å². The van der Waals surface area contributed by atoms with E-state index in [2.05, 4.69) is 5.32 Å². The Morgan fingerprint density at radius 3 is 2.28 bits per heavy atom. The molecule has 6 rings (SSSR count). The number of hydrogen-bond donors (Lipinski definition) is 1. The first-order valence-corrected chi connectivity index (χ1v) is 13.4. The predicted molar refractivity (Wildman–Crippen MR) is 119 cm³/mol. The molecule has 1 aliphatic heterocycles. The van der Waals surface area contributed by atoms with Crippen LogP contribution in [-0.2, 0) is 14.8 Å². The van der Waals surface area contributed by atoms with Gasteiger partial charge in [-0.3, -0.25) is 4.79 Å². The lowest BCUT2D eigenvalue weighted by Crippen LogP contribution is -2.55. The Bertz CT molecular complexity index is 990. The van der Waals surface area contributed by atoms with Gasteiger partial charge in [0.2, 0.25) is 10.0 Å². The number of amides is 1. The number of nitrogens with zero attached hydrogens (tertiary/aromatic N) is 1. The van der Waals surface area contributed by atoms with E-state index in [1.54, 1.807) is 0 Å². The van der Waals surface area contributed by atoms with E-state index in [9.17, 15) is 17.6 Å². The Balaban J connectivity index is 1.39. The number of morpholine rings is 1. The molecule has 1 amide bonds. The van der Waals surface area contributed by atoms with Gasteiger partial charge < -0.3 is 10.1 Å². The lowest BCUT2D eigenvalue weighted by atomic mass is 9.48. The molecule has 1 saturated heterocycles. The Labute approximate surface area is 193 Å². The zero-order valence-corrected chi connectivity index (χ0v) is 19.9. The molecule has 32 heavy (non-hydrogen) atoms. The molecule has 0 aromatic heterocycles. The summed E-state index contributed by atoms with van der Waals surface area (Å²) in [6.07, 6.45) is 7.34. The molecule has 1 unspecified atom stereocenters. The normalized spacial score (nSPS) is 33.3. The second-order valence-corrected chi connectivity index (χ2v) is 12.6. The van der Waals surface area contributed by atoms with Gasteiger partial charge in [0.1, 0.15) is 10.7 Å². The molecule has 5 fully saturated rings. The number of hydrogen-bond acceptors (Lipinski definition) is 4. The van der Waals surface area contributed by atoms with Crippen molar-refractivity contribution in [1.82, 2.24) is 9.62 Å². The fourth-order valence-corrected chi connectivity index (χ4v) is 8.68. The van der Waals surface area contributed by atoms with Gasteiger partial charge in [0, 0.05) is 19.1 Å². The quantitative estimate of drug-likeness (QED) is 0.689. The average Bonchev–Trinajstić information content (AvgIpc) is 2.73. The highest BCUT2D eigenvalue weighted by atomic mass is 35.5. The highest BCUT2D eigenvalue weighted by Gasteiger charge is 2.53. The Hall–Kier alpha value is -1.22. The first-order valence-electron chi connectivity index (χ1n) is 11.6. The first-order chi connectivity index (χ1) is 15.2. The number of nitrogens with one attached hydrogen (secondary N) is 1. The van der Waals surface area contributed by atoms with Crippen molar-refractivity contribution in [2.24, 2.45) is 23.2 Å². The molecule has 4 saturated carbocycles. The molecule has 0 radical (unpaired) electrons. The smallest absolute Gasteiger partial charge is 0.253 e. The van der Waals surface area contributed by atoms with Crippen molar-refractivity contribution < 1.29 is 22.3 Å². The van der Waals surface area contributed by atoms with Crippen molar-refractivity contribution in [3.05, 3.63) is 28.5 Å². The third-order valence-electron chi connectivity index (χ3n) is 8.21. The molecule has 4 bridgehead atoms. The molecule has 4 aliphatic carbocycles. The minimum Gasteiger partial charge on any atom is -0.379 e. The van der Waals surface area contributed by atoms with Crippen molar-refractivity contribution in [2.75, 3.05) is 26.3 Å². The highest BCUT2D eigenvalue weighted by molar-refractivity contribution is 7.89. The van der Waals surface area contributed by atoms with Gasteiger partial charge in [-0.25, -0.2) is 12.8 Å². The Kier molecular flexibility index (Phi) is 5.80. The standard InChI is InChI=1S/C23H30ClFN2O4S/c1-14(23-11-15-6-16(12-23)8-17(7-15)13-23)26-22(28)18-9-21(20(25)10-19(18)24)32(29,30)27-2-4-31-5-3-27/h9-10,14-17H,2-8,11-13H2,1H3,(H,26,28). The fraction of sp³-hybridized carbons (Fsp3) is 0.696. The predicted octanol–water partition coefficient (Wildman–Crippen LogP) is 3.83. The number of sulfonamides is 1. The minimum absolute atomic E-state index is 0.00326. The number of halogens is 2. The van der Waals surface area contributed by atoms with Crippen LogP contribution in [0.25, 0.3) is 0 Å². The molecule has 5 aliphatic rings. The monoisotopic (exact) mass is 484 g/mol. The number of carbonyl (C=O) groups is 1. The summed E-state index contributed by atoms with van der Waals surface area (Å²) >= 11 is 6.21. The third-order valence-corrected chi connectivity index (χ3v) is 10.4. The second kappa shape index (κ2) is 8.22. The maximum absolute atomic E-state index is 14.7. The van der Waals surface area contributed by atoms with Crippen LogP contribution in [0.4, 0.5) is 4.39 Å². The lowest BCUT2D eigenvalue weighted by Gasteiger charge is -2.59. The van der Waals surface area contributed by atoms with Crippen molar-refractivity contribution in [3.8, 4) is 0 Å². The summed E-state index contributed by atoms with van der Waals surface area (Å²) in [4.78, 5) is 12.7. The summed E-state index contributed by atoms with van der Waals surface area (Å²) in [6.45, 7) is 2.85. The van der Waals surface area contributed by atoms with Gasteiger partial charge in [0.05, 0.1) is 23.8 Å².